The smallest absolute Gasteiger partial charge is 0.0483 e. The van der Waals surface area contributed by atoms with Gasteiger partial charge >= 0.3 is 0 Å². The molecule has 2 heterocycles. The minimum absolute atomic E-state index is 0.293. The van der Waals surface area contributed by atoms with E-state index in [0.717, 1.165) is 45.7 Å². The molecule has 0 radical (unpaired) electrons. The van der Waals surface area contributed by atoms with Gasteiger partial charge in [0.15, 0.2) is 0 Å². The number of piperazine rings is 1. The Morgan fingerprint density at radius 3 is 2.68 bits per heavy atom. The molecular weight excluding hydrogens is 236 g/mol. The molecule has 0 amide bonds. The minimum atomic E-state index is 0.293. The van der Waals surface area contributed by atoms with Crippen molar-refractivity contribution >= 4 is 0 Å². The van der Waals surface area contributed by atoms with Crippen molar-refractivity contribution in [2.75, 3.05) is 32.8 Å². The first-order valence-corrected chi connectivity index (χ1v) is 7.40. The summed E-state index contributed by atoms with van der Waals surface area (Å²) in [7, 11) is 0. The van der Waals surface area contributed by atoms with Crippen LogP contribution in [-0.4, -0.2) is 43.3 Å². The molecule has 1 aromatic carbocycles. The topological polar surface area (TPSA) is 24.5 Å². The largest absolute Gasteiger partial charge is 0.381 e. The Bertz CT molecular complexity index is 400. The molecule has 0 spiro atoms. The van der Waals surface area contributed by atoms with Crippen molar-refractivity contribution in [2.45, 2.75) is 31.3 Å². The van der Waals surface area contributed by atoms with E-state index >= 15 is 0 Å². The second-order valence-electron chi connectivity index (χ2n) is 5.93. The fraction of sp³-hybridized carbons (Fsp3) is 0.625. The van der Waals surface area contributed by atoms with Gasteiger partial charge in [-0.05, 0) is 25.3 Å². The standard InChI is InChI=1S/C16H24N2O/c1-16(7-11-19-12-8-16)18-10-9-17-13-15(18)14-5-3-2-4-6-14/h2-6,15,17H,7-13H2,1H3. The first-order chi connectivity index (χ1) is 9.30. The number of nitrogens with one attached hydrogen (secondary N) is 1. The van der Waals surface area contributed by atoms with Crippen molar-refractivity contribution in [3.05, 3.63) is 35.9 Å². The lowest BCUT2D eigenvalue weighted by molar-refractivity contribution is -0.0466. The molecule has 0 bridgehead atoms. The van der Waals surface area contributed by atoms with E-state index in [4.69, 9.17) is 4.74 Å². The number of hydrogen-bond donors (Lipinski definition) is 1. The predicted molar refractivity (Wildman–Crippen MR) is 77.2 cm³/mol. The maximum Gasteiger partial charge on any atom is 0.0483 e. The van der Waals surface area contributed by atoms with E-state index in [-0.39, 0.29) is 0 Å². The lowest BCUT2D eigenvalue weighted by Gasteiger charge is -2.50. The van der Waals surface area contributed by atoms with Crippen LogP contribution in [0.4, 0.5) is 0 Å². The van der Waals surface area contributed by atoms with E-state index in [1.165, 1.54) is 5.56 Å². The van der Waals surface area contributed by atoms with Gasteiger partial charge < -0.3 is 10.1 Å². The minimum Gasteiger partial charge on any atom is -0.381 e. The summed E-state index contributed by atoms with van der Waals surface area (Å²) in [5.74, 6) is 0. The van der Waals surface area contributed by atoms with Gasteiger partial charge in [0.1, 0.15) is 0 Å². The quantitative estimate of drug-likeness (QED) is 0.882. The van der Waals surface area contributed by atoms with Crippen LogP contribution in [0.25, 0.3) is 0 Å². The van der Waals surface area contributed by atoms with Crippen LogP contribution in [0.15, 0.2) is 30.3 Å². The van der Waals surface area contributed by atoms with Gasteiger partial charge in [-0.25, -0.2) is 0 Å². The third-order valence-electron chi connectivity index (χ3n) is 4.69. The van der Waals surface area contributed by atoms with Crippen molar-refractivity contribution in [2.24, 2.45) is 0 Å². The number of nitrogens with zero attached hydrogens (tertiary/aromatic N) is 1. The number of ether oxygens (including phenoxy) is 1. The van der Waals surface area contributed by atoms with E-state index in [9.17, 15) is 0 Å². The van der Waals surface area contributed by atoms with Crippen LogP contribution in [0.3, 0.4) is 0 Å². The molecule has 0 aromatic heterocycles. The molecule has 1 N–H and O–H groups in total. The molecule has 0 aliphatic carbocycles. The highest BCUT2D eigenvalue weighted by Gasteiger charge is 2.39. The van der Waals surface area contributed by atoms with Crippen LogP contribution in [0.2, 0.25) is 0 Å². The Labute approximate surface area is 115 Å². The summed E-state index contributed by atoms with van der Waals surface area (Å²) in [4.78, 5) is 2.71. The molecule has 3 heteroatoms. The van der Waals surface area contributed by atoms with Crippen LogP contribution >= 0.6 is 0 Å². The fourth-order valence-corrected chi connectivity index (χ4v) is 3.42. The Morgan fingerprint density at radius 1 is 1.21 bits per heavy atom. The summed E-state index contributed by atoms with van der Waals surface area (Å²) in [5, 5.41) is 3.55. The second kappa shape index (κ2) is 5.61. The van der Waals surface area contributed by atoms with Gasteiger partial charge in [-0.3, -0.25) is 4.90 Å². The van der Waals surface area contributed by atoms with Crippen LogP contribution in [0.1, 0.15) is 31.4 Å². The predicted octanol–water partition coefficient (Wildman–Crippen LogP) is 2.20. The third-order valence-corrected chi connectivity index (χ3v) is 4.69. The normalized spacial score (nSPS) is 28.2. The molecule has 2 aliphatic heterocycles. The van der Waals surface area contributed by atoms with Gasteiger partial charge in [-0.15, -0.1) is 0 Å². The van der Waals surface area contributed by atoms with E-state index < -0.39 is 0 Å². The lowest BCUT2D eigenvalue weighted by Crippen LogP contribution is -2.58. The molecule has 1 unspecified atom stereocenters. The van der Waals surface area contributed by atoms with Crippen molar-refractivity contribution in [1.82, 2.24) is 10.2 Å². The lowest BCUT2D eigenvalue weighted by atomic mass is 9.86. The van der Waals surface area contributed by atoms with E-state index in [0.29, 0.717) is 11.6 Å². The summed E-state index contributed by atoms with van der Waals surface area (Å²) >= 11 is 0. The van der Waals surface area contributed by atoms with Crippen LogP contribution in [-0.2, 0) is 4.74 Å². The molecule has 104 valence electrons. The first-order valence-electron chi connectivity index (χ1n) is 7.40. The Kier molecular flexibility index (Phi) is 3.87. The number of hydrogen-bond acceptors (Lipinski definition) is 3. The molecule has 2 saturated heterocycles. The zero-order valence-electron chi connectivity index (χ0n) is 11.8. The highest BCUT2D eigenvalue weighted by atomic mass is 16.5. The average molecular weight is 260 g/mol. The maximum absolute atomic E-state index is 5.55. The zero-order chi connectivity index (χ0) is 13.1. The second-order valence-corrected chi connectivity index (χ2v) is 5.93. The summed E-state index contributed by atoms with van der Waals surface area (Å²) in [5.41, 5.74) is 1.73. The van der Waals surface area contributed by atoms with Gasteiger partial charge in [0.25, 0.3) is 0 Å². The van der Waals surface area contributed by atoms with Crippen molar-refractivity contribution in [3.63, 3.8) is 0 Å². The number of rotatable bonds is 2. The maximum atomic E-state index is 5.55. The summed E-state index contributed by atoms with van der Waals surface area (Å²) in [6.07, 6.45) is 2.30. The van der Waals surface area contributed by atoms with Gasteiger partial charge in [0, 0.05) is 44.4 Å². The number of benzene rings is 1. The van der Waals surface area contributed by atoms with Gasteiger partial charge in [-0.2, -0.15) is 0 Å². The van der Waals surface area contributed by atoms with Gasteiger partial charge in [-0.1, -0.05) is 30.3 Å². The third kappa shape index (κ3) is 2.69. The van der Waals surface area contributed by atoms with E-state index in [1.54, 1.807) is 0 Å². The van der Waals surface area contributed by atoms with Crippen molar-refractivity contribution in [1.29, 1.82) is 0 Å². The van der Waals surface area contributed by atoms with Crippen molar-refractivity contribution < 1.29 is 4.74 Å². The molecule has 2 aliphatic rings. The Hall–Kier alpha value is -0.900. The molecule has 2 fully saturated rings. The molecule has 1 atom stereocenters. The zero-order valence-corrected chi connectivity index (χ0v) is 11.8. The summed E-state index contributed by atoms with van der Waals surface area (Å²) in [6.45, 7) is 7.51. The first kappa shape index (κ1) is 13.1. The van der Waals surface area contributed by atoms with Gasteiger partial charge in [0.2, 0.25) is 0 Å². The SMILES string of the molecule is CC1(N2CCNCC2c2ccccc2)CCOCC1. The Balaban J connectivity index is 1.84. The molecule has 3 rings (SSSR count). The van der Waals surface area contributed by atoms with Crippen LogP contribution < -0.4 is 5.32 Å². The van der Waals surface area contributed by atoms with Crippen LogP contribution in [0.5, 0.6) is 0 Å². The summed E-state index contributed by atoms with van der Waals surface area (Å²) in [6, 6.07) is 11.4. The Morgan fingerprint density at radius 2 is 1.95 bits per heavy atom. The van der Waals surface area contributed by atoms with Crippen LogP contribution in [0, 0.1) is 0 Å². The average Bonchev–Trinajstić information content (AvgIpc) is 2.49. The highest BCUT2D eigenvalue weighted by Crippen LogP contribution is 2.35. The highest BCUT2D eigenvalue weighted by molar-refractivity contribution is 5.21. The van der Waals surface area contributed by atoms with E-state index in [1.807, 2.05) is 0 Å². The molecule has 19 heavy (non-hydrogen) atoms. The fourth-order valence-electron chi connectivity index (χ4n) is 3.42. The molecular formula is C16H24N2O. The molecule has 1 aromatic rings. The molecule has 0 saturated carbocycles. The summed E-state index contributed by atoms with van der Waals surface area (Å²) < 4.78 is 5.55. The monoisotopic (exact) mass is 260 g/mol. The van der Waals surface area contributed by atoms with Gasteiger partial charge in [0.05, 0.1) is 0 Å². The van der Waals surface area contributed by atoms with Crippen molar-refractivity contribution in [3.8, 4) is 0 Å². The molecule has 3 nitrogen and oxygen atoms in total. The van der Waals surface area contributed by atoms with E-state index in [2.05, 4.69) is 47.5 Å².